The molecule has 1 amide bonds. The Labute approximate surface area is 221 Å². The molecule has 3 aromatic rings. The molecule has 196 valence electrons. The van der Waals surface area contributed by atoms with E-state index in [0.29, 0.717) is 58.6 Å². The molecule has 2 fully saturated rings. The van der Waals surface area contributed by atoms with Crippen molar-refractivity contribution in [2.45, 2.75) is 63.5 Å². The van der Waals surface area contributed by atoms with Crippen LogP contribution in [0.4, 0.5) is 17.2 Å². The molecule has 0 aliphatic heterocycles. The number of aromatic nitrogens is 4. The molecule has 0 unspecified atom stereocenters. The molecular formula is C26H33ClN8O2. The van der Waals surface area contributed by atoms with Gasteiger partial charge in [-0.1, -0.05) is 11.6 Å². The van der Waals surface area contributed by atoms with Crippen molar-refractivity contribution in [1.82, 2.24) is 24.9 Å². The first-order valence-corrected chi connectivity index (χ1v) is 13.4. The summed E-state index contributed by atoms with van der Waals surface area (Å²) < 4.78 is 1.59. The van der Waals surface area contributed by atoms with Crippen molar-refractivity contribution in [3.05, 3.63) is 41.4 Å². The van der Waals surface area contributed by atoms with Gasteiger partial charge in [-0.2, -0.15) is 0 Å². The van der Waals surface area contributed by atoms with E-state index >= 15 is 0 Å². The summed E-state index contributed by atoms with van der Waals surface area (Å²) in [5.41, 5.74) is 2.34. The Balaban J connectivity index is 1.30. The fourth-order valence-electron chi connectivity index (χ4n) is 4.83. The van der Waals surface area contributed by atoms with Crippen molar-refractivity contribution in [3.63, 3.8) is 0 Å². The van der Waals surface area contributed by atoms with E-state index in [1.165, 1.54) is 6.20 Å². The first-order chi connectivity index (χ1) is 18.0. The maximum Gasteiger partial charge on any atom is 0.276 e. The maximum atomic E-state index is 13.1. The van der Waals surface area contributed by atoms with Crippen LogP contribution in [0.2, 0.25) is 5.15 Å². The molecule has 2 saturated carbocycles. The molecule has 4 N–H and O–H groups in total. The van der Waals surface area contributed by atoms with E-state index in [9.17, 15) is 9.59 Å². The number of nitrogens with zero attached hydrogens (tertiary/aromatic N) is 4. The van der Waals surface area contributed by atoms with Crippen molar-refractivity contribution < 1.29 is 9.59 Å². The minimum absolute atomic E-state index is 0.266. The van der Waals surface area contributed by atoms with E-state index in [4.69, 9.17) is 16.7 Å². The summed E-state index contributed by atoms with van der Waals surface area (Å²) in [5, 5.41) is 18.0. The number of halogens is 1. The van der Waals surface area contributed by atoms with Crippen LogP contribution in [-0.4, -0.2) is 56.9 Å². The quantitative estimate of drug-likeness (QED) is 0.276. The van der Waals surface area contributed by atoms with Gasteiger partial charge in [0, 0.05) is 49.4 Å². The molecular weight excluding hydrogens is 492 g/mol. The average Bonchev–Trinajstić information content (AvgIpc) is 3.59. The van der Waals surface area contributed by atoms with Crippen LogP contribution in [0.5, 0.6) is 0 Å². The summed E-state index contributed by atoms with van der Waals surface area (Å²) >= 11 is 5.96. The Hall–Kier alpha value is -3.24. The van der Waals surface area contributed by atoms with Gasteiger partial charge in [0.2, 0.25) is 0 Å². The molecule has 5 rings (SSSR count). The lowest BCUT2D eigenvalue weighted by molar-refractivity contribution is -0.120. The summed E-state index contributed by atoms with van der Waals surface area (Å²) in [5.74, 6) is 1.16. The molecule has 0 atom stereocenters. The number of ketones is 1. The standard InChI is InChI=1S/C26H33ClN8O2/c1-28-10-9-20(36)12-16-2-4-18(5-3-16)32-24-14-21(31-17-6-7-17)25-30-15-22(35(25)34-24)26(37)33-19-8-11-29-23(27)13-19/h8,11,13-18,28,31H,2-7,9-10,12H2,1H3,(H,32,34)(H,29,33,37). The number of nitrogens with one attached hydrogen (secondary N) is 4. The summed E-state index contributed by atoms with van der Waals surface area (Å²) in [6.45, 7) is 0.742. The van der Waals surface area contributed by atoms with Gasteiger partial charge in [0.15, 0.2) is 11.3 Å². The second-order valence-corrected chi connectivity index (χ2v) is 10.4. The zero-order valence-corrected chi connectivity index (χ0v) is 21.7. The van der Waals surface area contributed by atoms with Gasteiger partial charge in [0.05, 0.1) is 11.9 Å². The molecule has 3 heterocycles. The number of carbonyl (C=O) groups is 2. The third-order valence-electron chi connectivity index (χ3n) is 6.99. The van der Waals surface area contributed by atoms with Gasteiger partial charge in [-0.15, -0.1) is 5.10 Å². The maximum absolute atomic E-state index is 13.1. The van der Waals surface area contributed by atoms with Crippen LogP contribution in [0.15, 0.2) is 30.6 Å². The van der Waals surface area contributed by atoms with Gasteiger partial charge in [-0.05, 0) is 63.6 Å². The minimum Gasteiger partial charge on any atom is -0.379 e. The molecule has 11 heteroatoms. The summed E-state index contributed by atoms with van der Waals surface area (Å²) in [4.78, 5) is 33.7. The van der Waals surface area contributed by atoms with Crippen LogP contribution in [0.25, 0.3) is 5.65 Å². The predicted octanol–water partition coefficient (Wildman–Crippen LogP) is 4.14. The highest BCUT2D eigenvalue weighted by Crippen LogP contribution is 2.32. The van der Waals surface area contributed by atoms with E-state index in [0.717, 1.165) is 50.8 Å². The predicted molar refractivity (Wildman–Crippen MR) is 144 cm³/mol. The zero-order chi connectivity index (χ0) is 25.8. The molecule has 2 aliphatic carbocycles. The van der Waals surface area contributed by atoms with Gasteiger partial charge in [-0.3, -0.25) is 9.59 Å². The summed E-state index contributed by atoms with van der Waals surface area (Å²) in [7, 11) is 1.87. The van der Waals surface area contributed by atoms with Crippen molar-refractivity contribution in [2.75, 3.05) is 29.5 Å². The second-order valence-electron chi connectivity index (χ2n) is 10.0. The molecule has 2 aliphatic rings. The molecule has 37 heavy (non-hydrogen) atoms. The SMILES string of the molecule is CNCCC(=O)CC1CCC(Nc2cc(NC3CC3)c3ncc(C(=O)Nc4ccnc(Cl)c4)n3n2)CC1. The molecule has 10 nitrogen and oxygen atoms in total. The highest BCUT2D eigenvalue weighted by Gasteiger charge is 2.26. The normalized spacial score (nSPS) is 19.5. The lowest BCUT2D eigenvalue weighted by Crippen LogP contribution is -2.28. The Morgan fingerprint density at radius 3 is 2.54 bits per heavy atom. The number of imidazole rings is 1. The fourth-order valence-corrected chi connectivity index (χ4v) is 5.01. The number of Topliss-reactive ketones (excluding diaryl/α,β-unsaturated/α-hetero) is 1. The first-order valence-electron chi connectivity index (χ1n) is 13.0. The number of pyridine rings is 1. The Kier molecular flexibility index (Phi) is 7.85. The van der Waals surface area contributed by atoms with Gasteiger partial charge in [0.25, 0.3) is 5.91 Å². The summed E-state index contributed by atoms with van der Waals surface area (Å²) in [6.07, 6.45) is 10.6. The van der Waals surface area contributed by atoms with Crippen LogP contribution in [0.1, 0.15) is 61.9 Å². The number of hydrogen-bond donors (Lipinski definition) is 4. The average molecular weight is 525 g/mol. The Morgan fingerprint density at radius 1 is 1.05 bits per heavy atom. The number of amides is 1. The number of hydrogen-bond acceptors (Lipinski definition) is 8. The fraction of sp³-hybridized carbons (Fsp3) is 0.500. The van der Waals surface area contributed by atoms with Crippen molar-refractivity contribution in [2.24, 2.45) is 5.92 Å². The molecule has 0 spiro atoms. The van der Waals surface area contributed by atoms with Crippen LogP contribution in [0.3, 0.4) is 0 Å². The smallest absolute Gasteiger partial charge is 0.276 e. The molecule has 0 aromatic carbocycles. The summed E-state index contributed by atoms with van der Waals surface area (Å²) in [6, 6.07) is 5.94. The number of carbonyl (C=O) groups excluding carboxylic acids is 2. The van der Waals surface area contributed by atoms with Crippen LogP contribution in [-0.2, 0) is 4.79 Å². The van der Waals surface area contributed by atoms with Crippen LogP contribution >= 0.6 is 11.6 Å². The van der Waals surface area contributed by atoms with Gasteiger partial charge >= 0.3 is 0 Å². The van der Waals surface area contributed by atoms with E-state index in [1.807, 2.05) is 13.1 Å². The third kappa shape index (κ3) is 6.56. The molecule has 3 aromatic heterocycles. The van der Waals surface area contributed by atoms with Crippen molar-refractivity contribution >= 4 is 46.1 Å². The Morgan fingerprint density at radius 2 is 1.81 bits per heavy atom. The largest absolute Gasteiger partial charge is 0.379 e. The molecule has 0 bridgehead atoms. The minimum atomic E-state index is -0.333. The van der Waals surface area contributed by atoms with E-state index in [2.05, 4.69) is 31.2 Å². The van der Waals surface area contributed by atoms with Crippen LogP contribution in [0, 0.1) is 5.92 Å². The first kappa shape index (κ1) is 25.4. The molecule has 0 saturated heterocycles. The van der Waals surface area contributed by atoms with Crippen LogP contribution < -0.4 is 21.3 Å². The zero-order valence-electron chi connectivity index (χ0n) is 21.0. The van der Waals surface area contributed by atoms with Crippen molar-refractivity contribution in [1.29, 1.82) is 0 Å². The lowest BCUT2D eigenvalue weighted by Gasteiger charge is -2.29. The number of anilines is 3. The third-order valence-corrected chi connectivity index (χ3v) is 7.20. The van der Waals surface area contributed by atoms with Gasteiger partial charge < -0.3 is 21.3 Å². The van der Waals surface area contributed by atoms with Gasteiger partial charge in [0.1, 0.15) is 16.8 Å². The topological polar surface area (TPSA) is 125 Å². The van der Waals surface area contributed by atoms with E-state index < -0.39 is 0 Å². The van der Waals surface area contributed by atoms with E-state index in [1.54, 1.807) is 22.8 Å². The highest BCUT2D eigenvalue weighted by molar-refractivity contribution is 6.29. The number of rotatable bonds is 11. The Bertz CT molecular complexity index is 1270. The second kappa shape index (κ2) is 11.4. The monoisotopic (exact) mass is 524 g/mol. The lowest BCUT2D eigenvalue weighted by atomic mass is 9.83. The van der Waals surface area contributed by atoms with E-state index in [-0.39, 0.29) is 11.9 Å². The molecule has 0 radical (unpaired) electrons. The van der Waals surface area contributed by atoms with Crippen molar-refractivity contribution in [3.8, 4) is 0 Å². The highest BCUT2D eigenvalue weighted by atomic mass is 35.5. The number of fused-ring (bicyclic) bond motifs is 1. The van der Waals surface area contributed by atoms with Gasteiger partial charge in [-0.25, -0.2) is 14.5 Å².